The van der Waals surface area contributed by atoms with Crippen LogP contribution in [0, 0.1) is 5.41 Å². The van der Waals surface area contributed by atoms with Crippen LogP contribution in [0.4, 0.5) is 5.69 Å². The van der Waals surface area contributed by atoms with Crippen molar-refractivity contribution in [1.29, 1.82) is 0 Å². The second-order valence-corrected chi connectivity index (χ2v) is 5.81. The van der Waals surface area contributed by atoms with Gasteiger partial charge in [-0.3, -0.25) is 4.79 Å². The summed E-state index contributed by atoms with van der Waals surface area (Å²) >= 11 is 0. The Morgan fingerprint density at radius 1 is 1.39 bits per heavy atom. The number of hydrogen-bond donors (Lipinski definition) is 1. The van der Waals surface area contributed by atoms with Gasteiger partial charge in [0.15, 0.2) is 17.3 Å². The van der Waals surface area contributed by atoms with Crippen molar-refractivity contribution >= 4 is 22.6 Å². The van der Waals surface area contributed by atoms with Crippen LogP contribution in [-0.4, -0.2) is 10.8 Å². The number of hydrogen-bond acceptors (Lipinski definition) is 4. The highest BCUT2D eigenvalue weighted by atomic mass is 16.3. The molecule has 0 unspecified atom stereocenters. The molecule has 0 spiro atoms. The van der Waals surface area contributed by atoms with Gasteiger partial charge in [0.25, 0.3) is 0 Å². The summed E-state index contributed by atoms with van der Waals surface area (Å²) in [7, 11) is 0. The first-order chi connectivity index (χ1) is 8.26. The molecule has 18 heavy (non-hydrogen) atoms. The third kappa shape index (κ3) is 2.53. The number of carbonyl (C=O) groups is 1. The monoisotopic (exact) mass is 246 g/mol. The molecule has 4 heteroatoms. The molecule has 2 rings (SSSR count). The van der Waals surface area contributed by atoms with E-state index in [0.717, 1.165) is 6.42 Å². The van der Waals surface area contributed by atoms with Gasteiger partial charge in [0, 0.05) is 12.0 Å². The highest BCUT2D eigenvalue weighted by molar-refractivity contribution is 6.00. The van der Waals surface area contributed by atoms with E-state index in [-0.39, 0.29) is 11.2 Å². The number of rotatable bonds is 2. The Kier molecular flexibility index (Phi) is 2.89. The molecule has 0 aliphatic heterocycles. The first-order valence-corrected chi connectivity index (χ1v) is 5.96. The molecule has 1 aromatic heterocycles. The molecule has 0 bridgehead atoms. The van der Waals surface area contributed by atoms with Gasteiger partial charge in [0.1, 0.15) is 5.52 Å². The SMILES string of the molecule is CC(=O)c1cc(N)c2oc(CC(C)(C)C)nc2c1. The molecule has 0 atom stereocenters. The highest BCUT2D eigenvalue weighted by Crippen LogP contribution is 2.27. The van der Waals surface area contributed by atoms with Crippen LogP contribution in [-0.2, 0) is 6.42 Å². The van der Waals surface area contributed by atoms with Crippen molar-refractivity contribution < 1.29 is 9.21 Å². The van der Waals surface area contributed by atoms with E-state index in [1.165, 1.54) is 6.92 Å². The lowest BCUT2D eigenvalue weighted by Crippen LogP contribution is -2.09. The van der Waals surface area contributed by atoms with Crippen molar-refractivity contribution in [3.05, 3.63) is 23.6 Å². The Balaban J connectivity index is 2.51. The molecule has 96 valence electrons. The van der Waals surface area contributed by atoms with E-state index in [2.05, 4.69) is 25.8 Å². The minimum Gasteiger partial charge on any atom is -0.438 e. The third-order valence-electron chi connectivity index (χ3n) is 2.65. The molecule has 2 aromatic rings. The summed E-state index contributed by atoms with van der Waals surface area (Å²) < 4.78 is 5.66. The number of nitrogens with zero attached hydrogens (tertiary/aromatic N) is 1. The zero-order chi connectivity index (χ0) is 13.5. The van der Waals surface area contributed by atoms with Gasteiger partial charge >= 0.3 is 0 Å². The van der Waals surface area contributed by atoms with Crippen molar-refractivity contribution in [2.75, 3.05) is 5.73 Å². The number of anilines is 1. The Hall–Kier alpha value is -1.84. The van der Waals surface area contributed by atoms with Gasteiger partial charge in [0.2, 0.25) is 0 Å². The van der Waals surface area contributed by atoms with Crippen LogP contribution in [0.15, 0.2) is 16.5 Å². The van der Waals surface area contributed by atoms with Gasteiger partial charge in [-0.05, 0) is 24.5 Å². The molecule has 1 aromatic carbocycles. The van der Waals surface area contributed by atoms with Crippen LogP contribution < -0.4 is 5.73 Å². The number of benzene rings is 1. The lowest BCUT2D eigenvalue weighted by Gasteiger charge is -2.14. The van der Waals surface area contributed by atoms with Gasteiger partial charge < -0.3 is 10.2 Å². The van der Waals surface area contributed by atoms with Gasteiger partial charge in [-0.15, -0.1) is 0 Å². The van der Waals surface area contributed by atoms with E-state index in [1.807, 2.05) is 0 Å². The van der Waals surface area contributed by atoms with Crippen LogP contribution in [0.2, 0.25) is 0 Å². The Morgan fingerprint density at radius 3 is 2.61 bits per heavy atom. The van der Waals surface area contributed by atoms with Crippen molar-refractivity contribution in [2.24, 2.45) is 5.41 Å². The standard InChI is InChI=1S/C14H18N2O2/c1-8(17)9-5-10(15)13-11(6-9)16-12(18-13)7-14(2,3)4/h5-6H,7,15H2,1-4H3. The second-order valence-electron chi connectivity index (χ2n) is 5.81. The number of nitrogen functional groups attached to an aromatic ring is 1. The van der Waals surface area contributed by atoms with Crippen molar-refractivity contribution in [2.45, 2.75) is 34.1 Å². The fourth-order valence-electron chi connectivity index (χ4n) is 1.84. The molecular weight excluding hydrogens is 228 g/mol. The van der Waals surface area contributed by atoms with E-state index >= 15 is 0 Å². The summed E-state index contributed by atoms with van der Waals surface area (Å²) in [5.41, 5.74) is 8.23. The number of fused-ring (bicyclic) bond motifs is 1. The Labute approximate surface area is 106 Å². The van der Waals surface area contributed by atoms with Crippen molar-refractivity contribution in [3.63, 3.8) is 0 Å². The molecular formula is C14H18N2O2. The van der Waals surface area contributed by atoms with Gasteiger partial charge in [0.05, 0.1) is 5.69 Å². The molecule has 0 aliphatic carbocycles. The average Bonchev–Trinajstić information content (AvgIpc) is 2.57. The fraction of sp³-hybridized carbons (Fsp3) is 0.429. The summed E-state index contributed by atoms with van der Waals surface area (Å²) in [5, 5.41) is 0. The largest absolute Gasteiger partial charge is 0.438 e. The summed E-state index contributed by atoms with van der Waals surface area (Å²) in [4.78, 5) is 15.8. The number of aromatic nitrogens is 1. The topological polar surface area (TPSA) is 69.1 Å². The number of nitrogens with two attached hydrogens (primary N) is 1. The molecule has 0 radical (unpaired) electrons. The maximum absolute atomic E-state index is 11.4. The van der Waals surface area contributed by atoms with Crippen LogP contribution in [0.1, 0.15) is 43.9 Å². The molecule has 1 heterocycles. The second kappa shape index (κ2) is 4.12. The number of ketones is 1. The summed E-state index contributed by atoms with van der Waals surface area (Å²) in [6, 6.07) is 3.36. The van der Waals surface area contributed by atoms with Crippen LogP contribution in [0.5, 0.6) is 0 Å². The number of Topliss-reactive ketones (excluding diaryl/α,β-unsaturated/α-hetero) is 1. The average molecular weight is 246 g/mol. The van der Waals surface area contributed by atoms with E-state index in [1.54, 1.807) is 12.1 Å². The molecule has 0 fully saturated rings. The maximum atomic E-state index is 11.4. The predicted molar refractivity (Wildman–Crippen MR) is 71.6 cm³/mol. The van der Waals surface area contributed by atoms with Gasteiger partial charge in [-0.1, -0.05) is 20.8 Å². The van der Waals surface area contributed by atoms with E-state index in [9.17, 15) is 4.79 Å². The molecule has 0 saturated carbocycles. The van der Waals surface area contributed by atoms with Crippen LogP contribution in [0.25, 0.3) is 11.1 Å². The van der Waals surface area contributed by atoms with E-state index in [0.29, 0.717) is 28.2 Å². The van der Waals surface area contributed by atoms with E-state index < -0.39 is 0 Å². The quantitative estimate of drug-likeness (QED) is 0.652. The fourth-order valence-corrected chi connectivity index (χ4v) is 1.84. The normalized spacial score (nSPS) is 12.0. The third-order valence-corrected chi connectivity index (χ3v) is 2.65. The Bertz CT molecular complexity index is 606. The van der Waals surface area contributed by atoms with Crippen LogP contribution >= 0.6 is 0 Å². The maximum Gasteiger partial charge on any atom is 0.196 e. The zero-order valence-electron chi connectivity index (χ0n) is 11.2. The molecule has 0 amide bonds. The number of oxazole rings is 1. The summed E-state index contributed by atoms with van der Waals surface area (Å²) in [6.07, 6.45) is 0.733. The van der Waals surface area contributed by atoms with Crippen LogP contribution in [0.3, 0.4) is 0 Å². The van der Waals surface area contributed by atoms with Gasteiger partial charge in [-0.2, -0.15) is 0 Å². The summed E-state index contributed by atoms with van der Waals surface area (Å²) in [6.45, 7) is 7.86. The van der Waals surface area contributed by atoms with Crippen molar-refractivity contribution in [1.82, 2.24) is 4.98 Å². The first kappa shape index (κ1) is 12.6. The molecule has 2 N–H and O–H groups in total. The summed E-state index contributed by atoms with van der Waals surface area (Å²) in [5.74, 6) is 0.633. The smallest absolute Gasteiger partial charge is 0.196 e. The minimum atomic E-state index is -0.0241. The lowest BCUT2D eigenvalue weighted by molar-refractivity contribution is 0.101. The zero-order valence-corrected chi connectivity index (χ0v) is 11.2. The molecule has 0 aliphatic rings. The number of carbonyl (C=O) groups excluding carboxylic acids is 1. The van der Waals surface area contributed by atoms with Gasteiger partial charge in [-0.25, -0.2) is 4.98 Å². The Morgan fingerprint density at radius 2 is 2.06 bits per heavy atom. The predicted octanol–water partition coefficient (Wildman–Crippen LogP) is 3.20. The first-order valence-electron chi connectivity index (χ1n) is 5.96. The minimum absolute atomic E-state index is 0.0241. The molecule has 0 saturated heterocycles. The lowest BCUT2D eigenvalue weighted by atomic mass is 9.92. The van der Waals surface area contributed by atoms with E-state index in [4.69, 9.17) is 10.2 Å². The molecule has 4 nitrogen and oxygen atoms in total. The van der Waals surface area contributed by atoms with Crippen molar-refractivity contribution in [3.8, 4) is 0 Å². The highest BCUT2D eigenvalue weighted by Gasteiger charge is 2.18.